The van der Waals surface area contributed by atoms with Crippen LogP contribution in [0, 0.1) is 23.1 Å². The Labute approximate surface area is 456 Å². The third-order valence-electron chi connectivity index (χ3n) is 7.86. The van der Waals surface area contributed by atoms with Crippen molar-refractivity contribution < 1.29 is 183 Å². The average molecular weight is 968 g/mol. The second-order valence-corrected chi connectivity index (χ2v) is 14.5. The average Bonchev–Trinajstić information content (AvgIpc) is 3.19. The third-order valence-corrected chi connectivity index (χ3v) is 9.59. The number of aromatic hydroxyl groups is 1. The number of aryl methyl sites for hydroxylation is 1. The van der Waals surface area contributed by atoms with Crippen LogP contribution >= 0.6 is 0 Å². The van der Waals surface area contributed by atoms with Crippen LogP contribution in [-0.2, 0) is 39.4 Å². The number of rotatable bonds is 14. The van der Waals surface area contributed by atoms with E-state index < -0.39 is 105 Å². The van der Waals surface area contributed by atoms with E-state index in [1.807, 2.05) is 0 Å². The molecule has 4 N–H and O–H groups in total. The van der Waals surface area contributed by atoms with Gasteiger partial charge < -0.3 is 39.9 Å². The SMILES string of the molecule is COc1cc(N=Nc2cc[c-]cc2)c(C)cc1N=Nc1cc(S(=O)(=O)[O-])c2cc(S(=O)(=O)[O-])c(N=Nc3ccc(NC(=O)CCC(=O)[O-])cc3[N+](=O)[O-])c(O)c2c1N.O=C=O.[Na+].[Na+].[Na+].[Na+]. The Kier molecular flexibility index (Phi) is 25.4. The molecule has 0 radical (unpaired) electrons. The third kappa shape index (κ3) is 16.4. The Balaban J connectivity index is 0.00000569. The molecule has 0 unspecified atom stereocenters. The number of carboxylic acid groups (broad SMARTS) is 1. The molecule has 0 saturated heterocycles. The number of benzene rings is 5. The van der Waals surface area contributed by atoms with Crippen molar-refractivity contribution in [3.8, 4) is 11.5 Å². The smallest absolute Gasteiger partial charge is 0.744 e. The van der Waals surface area contributed by atoms with Gasteiger partial charge in [-0.3, -0.25) is 14.9 Å². The maximum Gasteiger partial charge on any atom is 1.00 e. The van der Waals surface area contributed by atoms with Crippen LogP contribution < -0.4 is 139 Å². The molecule has 5 aromatic rings. The summed E-state index contributed by atoms with van der Waals surface area (Å²) in [5.41, 5.74) is 3.84. The zero-order valence-electron chi connectivity index (χ0n) is 35.0. The molecule has 30 heteroatoms. The number of azo groups is 3. The number of carbonyl (C=O) groups excluding carboxylic acids is 4. The van der Waals surface area contributed by atoms with Crippen LogP contribution in [0.1, 0.15) is 18.4 Å². The van der Waals surface area contributed by atoms with Gasteiger partial charge in [0.05, 0.1) is 38.6 Å². The largest absolute Gasteiger partial charge is 1.00 e. The normalized spacial score (nSPS) is 11.0. The molecular formula is C35H25N9Na4O15S2. The maximum absolute atomic E-state index is 12.5. The number of anilines is 2. The summed E-state index contributed by atoms with van der Waals surface area (Å²) in [6.07, 6.45) is -0.904. The molecule has 65 heavy (non-hydrogen) atoms. The fraction of sp³-hybridized carbons (Fsp3) is 0.114. The number of hydrogen-bond acceptors (Lipinski definition) is 22. The maximum atomic E-state index is 12.5. The van der Waals surface area contributed by atoms with E-state index in [1.54, 1.807) is 31.2 Å². The van der Waals surface area contributed by atoms with E-state index >= 15 is 0 Å². The first-order valence-electron chi connectivity index (χ1n) is 16.4. The van der Waals surface area contributed by atoms with Crippen molar-refractivity contribution >= 4 is 100 Å². The van der Waals surface area contributed by atoms with Gasteiger partial charge in [0.1, 0.15) is 43.0 Å². The number of nitrogens with two attached hydrogens (primary N) is 1. The molecule has 0 aliphatic carbocycles. The van der Waals surface area contributed by atoms with Gasteiger partial charge in [-0.25, -0.2) is 16.8 Å². The molecule has 1 amide bonds. The fourth-order valence-electron chi connectivity index (χ4n) is 5.14. The van der Waals surface area contributed by atoms with Gasteiger partial charge in [-0.2, -0.15) is 38.0 Å². The predicted octanol–water partition coefficient (Wildman–Crippen LogP) is -6.89. The summed E-state index contributed by atoms with van der Waals surface area (Å²) in [6.45, 7) is 1.66. The van der Waals surface area contributed by atoms with Gasteiger partial charge in [-0.1, -0.05) is 0 Å². The van der Waals surface area contributed by atoms with Gasteiger partial charge >= 0.3 is 124 Å². The predicted molar refractivity (Wildman–Crippen MR) is 202 cm³/mol. The van der Waals surface area contributed by atoms with Crippen LogP contribution in [0.4, 0.5) is 51.2 Å². The van der Waals surface area contributed by atoms with Gasteiger partial charge in [0.2, 0.25) is 5.91 Å². The number of amides is 1. The Bertz CT molecular complexity index is 2940. The monoisotopic (exact) mass is 967 g/mol. The first kappa shape index (κ1) is 61.1. The van der Waals surface area contributed by atoms with Crippen LogP contribution in [0.15, 0.2) is 107 Å². The molecule has 24 nitrogen and oxygen atoms in total. The van der Waals surface area contributed by atoms with Crippen molar-refractivity contribution in [2.24, 2.45) is 30.7 Å². The van der Waals surface area contributed by atoms with E-state index in [9.17, 15) is 55.9 Å². The fourth-order valence-corrected chi connectivity index (χ4v) is 6.46. The number of ether oxygens (including phenoxy) is 1. The summed E-state index contributed by atoms with van der Waals surface area (Å²) in [4.78, 5) is 47.2. The number of nitrogens with zero attached hydrogens (tertiary/aromatic N) is 7. The van der Waals surface area contributed by atoms with E-state index in [-0.39, 0.29) is 142 Å². The molecule has 5 rings (SSSR count). The summed E-state index contributed by atoms with van der Waals surface area (Å²) >= 11 is 0. The van der Waals surface area contributed by atoms with Crippen molar-refractivity contribution in [1.82, 2.24) is 0 Å². The molecule has 316 valence electrons. The second-order valence-electron chi connectivity index (χ2n) is 11.8. The summed E-state index contributed by atoms with van der Waals surface area (Å²) in [6, 6.07) is 16.3. The van der Waals surface area contributed by atoms with Gasteiger partial charge in [0.15, 0.2) is 11.4 Å². The summed E-state index contributed by atoms with van der Waals surface area (Å²) in [7, 11) is -9.91. The van der Waals surface area contributed by atoms with Crippen molar-refractivity contribution in [3.63, 3.8) is 0 Å². The molecule has 0 bridgehead atoms. The van der Waals surface area contributed by atoms with Crippen LogP contribution in [0.3, 0.4) is 0 Å². The summed E-state index contributed by atoms with van der Waals surface area (Å²) in [5.74, 6) is -3.53. The Morgan fingerprint density at radius 2 is 1.38 bits per heavy atom. The van der Waals surface area contributed by atoms with Crippen molar-refractivity contribution in [2.75, 3.05) is 18.2 Å². The van der Waals surface area contributed by atoms with Gasteiger partial charge in [0, 0.05) is 35.6 Å². The van der Waals surface area contributed by atoms with Gasteiger partial charge in [-0.05, 0) is 54.9 Å². The van der Waals surface area contributed by atoms with E-state index in [4.69, 9.17) is 20.1 Å². The van der Waals surface area contributed by atoms with Crippen LogP contribution in [-0.4, -0.2) is 61.1 Å². The number of hydrogen-bond donors (Lipinski definition) is 3. The second kappa shape index (κ2) is 27.0. The van der Waals surface area contributed by atoms with E-state index in [2.05, 4.69) is 42.1 Å². The number of carbonyl (C=O) groups is 2. The minimum Gasteiger partial charge on any atom is -0.744 e. The Hall–Kier alpha value is -3.90. The quantitative estimate of drug-likeness (QED) is 0.0177. The first-order chi connectivity index (χ1) is 28.7. The van der Waals surface area contributed by atoms with Crippen molar-refractivity contribution in [3.05, 3.63) is 88.5 Å². The summed E-state index contributed by atoms with van der Waals surface area (Å²) < 4.78 is 80.0. The molecule has 0 atom stereocenters. The van der Waals surface area contributed by atoms with E-state index in [0.717, 1.165) is 18.2 Å². The molecule has 0 fully saturated rings. The topological polar surface area (TPSA) is 391 Å². The number of nitrogen functional groups attached to an aromatic ring is 1. The molecule has 0 aliphatic rings. The van der Waals surface area contributed by atoms with Gasteiger partial charge in [0.25, 0.3) is 5.69 Å². The van der Waals surface area contributed by atoms with Crippen LogP contribution in [0.25, 0.3) is 10.8 Å². The zero-order chi connectivity index (χ0) is 45.2. The number of phenolic OH excluding ortho intramolecular Hbond substituents is 1. The number of nitro groups is 1. The molecule has 0 heterocycles. The molecule has 0 spiro atoms. The minimum absolute atomic E-state index is 0. The number of fused-ring (bicyclic) bond motifs is 1. The van der Waals surface area contributed by atoms with Crippen molar-refractivity contribution in [1.29, 1.82) is 0 Å². The number of nitro benzene ring substituents is 1. The van der Waals surface area contributed by atoms with E-state index in [1.165, 1.54) is 19.2 Å². The van der Waals surface area contributed by atoms with Crippen LogP contribution in [0.2, 0.25) is 0 Å². The number of methoxy groups -OCH3 is 1. The van der Waals surface area contributed by atoms with Crippen LogP contribution in [0.5, 0.6) is 11.5 Å². The first-order valence-corrected chi connectivity index (χ1v) is 19.2. The Morgan fingerprint density at radius 1 is 0.815 bits per heavy atom. The zero-order valence-corrected chi connectivity index (χ0v) is 44.6. The van der Waals surface area contributed by atoms with E-state index in [0.29, 0.717) is 29.1 Å². The molecule has 0 saturated carbocycles. The molecule has 0 aromatic heterocycles. The molecule has 0 aliphatic heterocycles. The number of nitrogens with one attached hydrogen (secondary N) is 1. The molecule has 5 aromatic carbocycles. The Morgan fingerprint density at radius 3 is 1.94 bits per heavy atom. The van der Waals surface area contributed by atoms with Crippen molar-refractivity contribution in [2.45, 2.75) is 29.6 Å². The minimum atomic E-state index is -5.68. The number of aliphatic carboxylic acids is 1. The molecular weight excluding hydrogens is 943 g/mol. The number of phenols is 1. The van der Waals surface area contributed by atoms with Gasteiger partial charge in [-0.15, -0.1) is 32.6 Å². The standard InChI is InChI=1S/C34H28N9O13S2.CO2.4Na/c1-17-12-23(26(56-2)15-22(17)39-37-18-6-4-3-5-7-18)40-41-24-16-27(57(50,51)52)20-14-28(58(53,54)55)33(34(47)31(20)32(24)35)42-38-21-9-8-19(13-25(21)43(48)49)36-29(44)10-11-30(45)46;2-1-3;;;;/h4-9,12-16,47H,10-11,35H2,1-2H3,(H,36,44)(H,45,46)(H,50,51,52)(H,53,54,55);;;;;/q-1;;4*+1/p-3. The summed E-state index contributed by atoms with van der Waals surface area (Å²) in [5, 5.41) is 58.1. The number of carboxylic acids is 1.